The molecule has 0 aromatic carbocycles. The summed E-state index contributed by atoms with van der Waals surface area (Å²) in [5.74, 6) is -0.932. The van der Waals surface area contributed by atoms with E-state index in [-0.39, 0.29) is 0 Å². The maximum absolute atomic E-state index is 11.9. The van der Waals surface area contributed by atoms with E-state index in [9.17, 15) is 9.59 Å². The van der Waals surface area contributed by atoms with Crippen molar-refractivity contribution in [3.8, 4) is 0 Å². The van der Waals surface area contributed by atoms with Crippen LogP contribution in [-0.4, -0.2) is 66.9 Å². The number of nitrogens with zero attached hydrogens (tertiary/aromatic N) is 2. The molecule has 6 nitrogen and oxygen atoms in total. The van der Waals surface area contributed by atoms with Gasteiger partial charge in [-0.05, 0) is 19.4 Å². The number of hydrogen-bond donors (Lipinski definition) is 2. The molecule has 2 fully saturated rings. The maximum Gasteiger partial charge on any atom is 0.311 e. The van der Waals surface area contributed by atoms with Gasteiger partial charge in [0.15, 0.2) is 0 Å². The largest absolute Gasteiger partial charge is 0.347 e. The number of amides is 2. The van der Waals surface area contributed by atoms with Crippen molar-refractivity contribution < 1.29 is 9.59 Å². The lowest BCUT2D eigenvalue weighted by atomic mass is 9.99. The molecule has 0 aliphatic carbocycles. The highest BCUT2D eigenvalue weighted by Gasteiger charge is 2.32. The predicted molar refractivity (Wildman–Crippen MR) is 67.9 cm³/mol. The zero-order chi connectivity index (χ0) is 13.0. The van der Waals surface area contributed by atoms with Crippen LogP contribution in [-0.2, 0) is 9.59 Å². The van der Waals surface area contributed by atoms with E-state index in [0.717, 1.165) is 19.5 Å². The lowest BCUT2D eigenvalue weighted by Crippen LogP contribution is -2.58. The highest BCUT2D eigenvalue weighted by atomic mass is 16.2. The van der Waals surface area contributed by atoms with Crippen molar-refractivity contribution in [3.63, 3.8) is 0 Å². The molecule has 0 spiro atoms. The highest BCUT2D eigenvalue weighted by Crippen LogP contribution is 2.20. The Hall–Kier alpha value is -1.14. The third-order valence-corrected chi connectivity index (χ3v) is 3.75. The van der Waals surface area contributed by atoms with Crippen LogP contribution in [0.3, 0.4) is 0 Å². The number of piperidine rings is 1. The van der Waals surface area contributed by atoms with Gasteiger partial charge in [0.1, 0.15) is 0 Å². The van der Waals surface area contributed by atoms with E-state index >= 15 is 0 Å². The van der Waals surface area contributed by atoms with Crippen LogP contribution in [0.25, 0.3) is 0 Å². The predicted octanol–water partition coefficient (Wildman–Crippen LogP) is -1.24. The minimum atomic E-state index is -0.523. The van der Waals surface area contributed by atoms with Gasteiger partial charge in [-0.1, -0.05) is 6.42 Å². The van der Waals surface area contributed by atoms with E-state index in [2.05, 4.69) is 10.2 Å². The molecule has 0 saturated carbocycles. The smallest absolute Gasteiger partial charge is 0.311 e. The number of carbonyl (C=O) groups excluding carboxylic acids is 2. The molecule has 2 amide bonds. The van der Waals surface area contributed by atoms with Gasteiger partial charge in [0, 0.05) is 38.8 Å². The molecule has 2 aliphatic rings. The second kappa shape index (κ2) is 6.15. The number of nitrogens with one attached hydrogen (secondary N) is 1. The van der Waals surface area contributed by atoms with Gasteiger partial charge in [0.2, 0.25) is 0 Å². The topological polar surface area (TPSA) is 78.7 Å². The Morgan fingerprint density at radius 2 is 2.06 bits per heavy atom. The van der Waals surface area contributed by atoms with E-state index < -0.39 is 11.8 Å². The standard InChI is InChI=1S/C12H22N4O2/c13-4-5-14-11(17)12(18)16-8-7-15-6-2-1-3-10(15)9-16/h10H,1-9,13H2,(H,14,17). The van der Waals surface area contributed by atoms with Crippen LogP contribution in [0.1, 0.15) is 19.3 Å². The molecule has 2 aliphatic heterocycles. The molecule has 2 heterocycles. The van der Waals surface area contributed by atoms with Crippen LogP contribution in [0.15, 0.2) is 0 Å². The summed E-state index contributed by atoms with van der Waals surface area (Å²) in [6.07, 6.45) is 3.61. The van der Waals surface area contributed by atoms with Gasteiger partial charge in [-0.3, -0.25) is 14.5 Å². The van der Waals surface area contributed by atoms with Crippen molar-refractivity contribution in [1.29, 1.82) is 0 Å². The summed E-state index contributed by atoms with van der Waals surface area (Å²) in [5.41, 5.74) is 5.30. The van der Waals surface area contributed by atoms with Crippen molar-refractivity contribution in [3.05, 3.63) is 0 Å². The van der Waals surface area contributed by atoms with Crippen LogP contribution in [0, 0.1) is 0 Å². The molecule has 1 atom stereocenters. The van der Waals surface area contributed by atoms with Crippen molar-refractivity contribution in [2.45, 2.75) is 25.3 Å². The first kappa shape index (κ1) is 13.3. The first-order valence-corrected chi connectivity index (χ1v) is 6.73. The van der Waals surface area contributed by atoms with Crippen LogP contribution in [0.5, 0.6) is 0 Å². The normalized spacial score (nSPS) is 24.5. The van der Waals surface area contributed by atoms with Crippen molar-refractivity contribution in [2.75, 3.05) is 39.3 Å². The second-order valence-corrected chi connectivity index (χ2v) is 4.98. The molecule has 6 heteroatoms. The summed E-state index contributed by atoms with van der Waals surface area (Å²) in [7, 11) is 0. The first-order chi connectivity index (χ1) is 8.72. The molecule has 2 saturated heterocycles. The van der Waals surface area contributed by atoms with Crippen molar-refractivity contribution in [2.24, 2.45) is 5.73 Å². The summed E-state index contributed by atoms with van der Waals surface area (Å²) in [5, 5.41) is 2.53. The molecular weight excluding hydrogens is 232 g/mol. The summed E-state index contributed by atoms with van der Waals surface area (Å²) >= 11 is 0. The summed E-state index contributed by atoms with van der Waals surface area (Å²) in [4.78, 5) is 27.6. The number of fused-ring (bicyclic) bond motifs is 1. The van der Waals surface area contributed by atoms with Gasteiger partial charge in [-0.25, -0.2) is 0 Å². The average Bonchev–Trinajstić information content (AvgIpc) is 2.43. The van der Waals surface area contributed by atoms with Crippen molar-refractivity contribution >= 4 is 11.8 Å². The Balaban J connectivity index is 1.86. The quantitative estimate of drug-likeness (QED) is 0.604. The average molecular weight is 254 g/mol. The lowest BCUT2D eigenvalue weighted by Gasteiger charge is -2.43. The summed E-state index contributed by atoms with van der Waals surface area (Å²) < 4.78 is 0. The minimum Gasteiger partial charge on any atom is -0.347 e. The molecule has 0 bridgehead atoms. The number of piperazine rings is 1. The molecule has 1 unspecified atom stereocenters. The van der Waals surface area contributed by atoms with Gasteiger partial charge in [-0.15, -0.1) is 0 Å². The van der Waals surface area contributed by atoms with E-state index in [1.54, 1.807) is 4.90 Å². The van der Waals surface area contributed by atoms with E-state index in [0.29, 0.717) is 32.2 Å². The van der Waals surface area contributed by atoms with Crippen LogP contribution in [0.4, 0.5) is 0 Å². The molecule has 2 rings (SSSR count). The van der Waals surface area contributed by atoms with Crippen LogP contribution >= 0.6 is 0 Å². The maximum atomic E-state index is 11.9. The van der Waals surface area contributed by atoms with Gasteiger partial charge >= 0.3 is 11.8 Å². The minimum absolute atomic E-state index is 0.355. The van der Waals surface area contributed by atoms with E-state index in [1.165, 1.54) is 12.8 Å². The van der Waals surface area contributed by atoms with E-state index in [1.807, 2.05) is 0 Å². The Morgan fingerprint density at radius 3 is 2.83 bits per heavy atom. The number of nitrogens with two attached hydrogens (primary N) is 1. The van der Waals surface area contributed by atoms with Crippen molar-refractivity contribution in [1.82, 2.24) is 15.1 Å². The monoisotopic (exact) mass is 254 g/mol. The Kier molecular flexibility index (Phi) is 4.54. The second-order valence-electron chi connectivity index (χ2n) is 4.98. The Bertz CT molecular complexity index is 321. The fourth-order valence-electron chi connectivity index (χ4n) is 2.75. The highest BCUT2D eigenvalue weighted by molar-refractivity contribution is 6.35. The Labute approximate surface area is 107 Å². The molecular formula is C12H22N4O2. The SMILES string of the molecule is NCCNC(=O)C(=O)N1CCN2CCCCC2C1. The molecule has 3 N–H and O–H groups in total. The summed E-state index contributed by atoms with van der Waals surface area (Å²) in [6, 6.07) is 0.443. The Morgan fingerprint density at radius 1 is 1.22 bits per heavy atom. The third-order valence-electron chi connectivity index (χ3n) is 3.75. The molecule has 0 aromatic heterocycles. The molecule has 102 valence electrons. The molecule has 0 aromatic rings. The van der Waals surface area contributed by atoms with Gasteiger partial charge in [0.25, 0.3) is 0 Å². The molecule has 0 radical (unpaired) electrons. The fraction of sp³-hybridized carbons (Fsp3) is 0.833. The number of hydrogen-bond acceptors (Lipinski definition) is 4. The summed E-state index contributed by atoms with van der Waals surface area (Å²) in [6.45, 7) is 4.08. The zero-order valence-corrected chi connectivity index (χ0v) is 10.7. The fourth-order valence-corrected chi connectivity index (χ4v) is 2.75. The first-order valence-electron chi connectivity index (χ1n) is 6.73. The van der Waals surface area contributed by atoms with Gasteiger partial charge in [-0.2, -0.15) is 0 Å². The third kappa shape index (κ3) is 3.00. The zero-order valence-electron chi connectivity index (χ0n) is 10.7. The lowest BCUT2D eigenvalue weighted by molar-refractivity contribution is -0.148. The van der Waals surface area contributed by atoms with Gasteiger partial charge in [0.05, 0.1) is 0 Å². The number of rotatable bonds is 2. The number of carbonyl (C=O) groups is 2. The van der Waals surface area contributed by atoms with E-state index in [4.69, 9.17) is 5.73 Å². The molecule has 18 heavy (non-hydrogen) atoms. The van der Waals surface area contributed by atoms with Gasteiger partial charge < -0.3 is 16.0 Å². The van der Waals surface area contributed by atoms with Crippen LogP contribution in [0.2, 0.25) is 0 Å². The van der Waals surface area contributed by atoms with Crippen LogP contribution < -0.4 is 11.1 Å².